The Balaban J connectivity index is 1.34. The standard InChI is InChI=1S/C32H32F4O/c1-2-3-4-23-5-7-24(8-6-23)9-10-26-14-20-30-28(21-26)17-16-27(31(30)33)15-11-25-12-18-29(19-13-25)37-22-32(34,35)36/h5-8,12-14,16-21H,2-4,9-11,15,22H2,1H3. The molecule has 0 bridgehead atoms. The van der Waals surface area contributed by atoms with Crippen LogP contribution in [-0.4, -0.2) is 12.8 Å². The molecule has 4 aromatic carbocycles. The van der Waals surface area contributed by atoms with Gasteiger partial charge in [-0.05, 0) is 83.9 Å². The molecule has 0 N–H and O–H groups in total. The summed E-state index contributed by atoms with van der Waals surface area (Å²) < 4.78 is 56.8. The van der Waals surface area contributed by atoms with Crippen LogP contribution >= 0.6 is 0 Å². The summed E-state index contributed by atoms with van der Waals surface area (Å²) in [5.41, 5.74) is 5.41. The number of fused-ring (bicyclic) bond motifs is 1. The third-order valence-electron chi connectivity index (χ3n) is 6.65. The lowest BCUT2D eigenvalue weighted by Gasteiger charge is -2.11. The van der Waals surface area contributed by atoms with Crippen LogP contribution in [0.5, 0.6) is 5.75 Å². The van der Waals surface area contributed by atoms with E-state index in [-0.39, 0.29) is 11.6 Å². The molecule has 0 unspecified atom stereocenters. The highest BCUT2D eigenvalue weighted by atomic mass is 19.4. The number of unbranched alkanes of at least 4 members (excludes halogenated alkanes) is 1. The van der Waals surface area contributed by atoms with E-state index in [0.717, 1.165) is 30.2 Å². The summed E-state index contributed by atoms with van der Waals surface area (Å²) in [5, 5.41) is 1.50. The summed E-state index contributed by atoms with van der Waals surface area (Å²) in [4.78, 5) is 0. The minimum absolute atomic E-state index is 0.165. The SMILES string of the molecule is CCCCc1ccc(CCc2ccc3c(F)c(CCc4ccc(OCC(F)(F)F)cc4)ccc3c2)cc1. The van der Waals surface area contributed by atoms with Gasteiger partial charge in [0.25, 0.3) is 0 Å². The fourth-order valence-electron chi connectivity index (χ4n) is 4.47. The predicted molar refractivity (Wildman–Crippen MR) is 142 cm³/mol. The van der Waals surface area contributed by atoms with Gasteiger partial charge in [-0.15, -0.1) is 0 Å². The highest BCUT2D eigenvalue weighted by molar-refractivity contribution is 5.84. The smallest absolute Gasteiger partial charge is 0.422 e. The van der Waals surface area contributed by atoms with Gasteiger partial charge in [-0.3, -0.25) is 0 Å². The van der Waals surface area contributed by atoms with Crippen molar-refractivity contribution in [2.45, 2.75) is 58.0 Å². The highest BCUT2D eigenvalue weighted by Gasteiger charge is 2.28. The van der Waals surface area contributed by atoms with Crippen molar-refractivity contribution in [1.82, 2.24) is 0 Å². The lowest BCUT2D eigenvalue weighted by atomic mass is 9.97. The van der Waals surface area contributed by atoms with Crippen LogP contribution in [0, 0.1) is 5.82 Å². The second kappa shape index (κ2) is 12.3. The molecular formula is C32H32F4O. The van der Waals surface area contributed by atoms with Gasteiger partial charge in [0.2, 0.25) is 0 Å². The molecule has 37 heavy (non-hydrogen) atoms. The minimum Gasteiger partial charge on any atom is -0.484 e. The topological polar surface area (TPSA) is 9.23 Å². The van der Waals surface area contributed by atoms with Crippen LogP contribution in [0.1, 0.15) is 47.6 Å². The maximum atomic E-state index is 15.2. The molecule has 0 saturated carbocycles. The van der Waals surface area contributed by atoms with E-state index in [2.05, 4.69) is 37.3 Å². The second-order valence-corrected chi connectivity index (χ2v) is 9.56. The van der Waals surface area contributed by atoms with Crippen molar-refractivity contribution < 1.29 is 22.3 Å². The van der Waals surface area contributed by atoms with E-state index >= 15 is 4.39 Å². The largest absolute Gasteiger partial charge is 0.484 e. The Labute approximate surface area is 216 Å². The molecular weight excluding hydrogens is 476 g/mol. The zero-order valence-corrected chi connectivity index (χ0v) is 21.1. The van der Waals surface area contributed by atoms with Crippen LogP contribution < -0.4 is 4.74 Å². The second-order valence-electron chi connectivity index (χ2n) is 9.56. The summed E-state index contributed by atoms with van der Waals surface area (Å²) in [6.45, 7) is 0.888. The first-order valence-corrected chi connectivity index (χ1v) is 12.9. The van der Waals surface area contributed by atoms with Crippen LogP contribution in [0.4, 0.5) is 17.6 Å². The third-order valence-corrected chi connectivity index (χ3v) is 6.65. The molecule has 4 rings (SSSR count). The third kappa shape index (κ3) is 7.82. The number of ether oxygens (including phenoxy) is 1. The van der Waals surface area contributed by atoms with Crippen molar-refractivity contribution >= 4 is 10.8 Å². The summed E-state index contributed by atoms with van der Waals surface area (Å²) >= 11 is 0. The molecule has 0 radical (unpaired) electrons. The monoisotopic (exact) mass is 508 g/mol. The number of rotatable bonds is 11. The van der Waals surface area contributed by atoms with Gasteiger partial charge < -0.3 is 4.74 Å². The van der Waals surface area contributed by atoms with Crippen LogP contribution in [0.3, 0.4) is 0 Å². The van der Waals surface area contributed by atoms with Crippen LogP contribution in [0.2, 0.25) is 0 Å². The van der Waals surface area contributed by atoms with Gasteiger partial charge in [0.05, 0.1) is 0 Å². The van der Waals surface area contributed by atoms with E-state index in [1.165, 1.54) is 41.7 Å². The first-order valence-electron chi connectivity index (χ1n) is 12.9. The Hall–Kier alpha value is -3.34. The van der Waals surface area contributed by atoms with Crippen molar-refractivity contribution in [2.24, 2.45) is 0 Å². The van der Waals surface area contributed by atoms with Crippen molar-refractivity contribution in [3.05, 3.63) is 112 Å². The van der Waals surface area contributed by atoms with Crippen molar-refractivity contribution in [3.63, 3.8) is 0 Å². The summed E-state index contributed by atoms with van der Waals surface area (Å²) in [7, 11) is 0. The number of benzene rings is 4. The van der Waals surface area contributed by atoms with E-state index < -0.39 is 12.8 Å². The van der Waals surface area contributed by atoms with Gasteiger partial charge in [-0.25, -0.2) is 4.39 Å². The lowest BCUT2D eigenvalue weighted by Crippen LogP contribution is -2.19. The van der Waals surface area contributed by atoms with Gasteiger partial charge in [-0.2, -0.15) is 13.2 Å². The van der Waals surface area contributed by atoms with Crippen molar-refractivity contribution in [2.75, 3.05) is 6.61 Å². The zero-order valence-electron chi connectivity index (χ0n) is 21.1. The number of halogens is 4. The Kier molecular flexibility index (Phi) is 8.86. The molecule has 0 heterocycles. The molecule has 0 aliphatic rings. The lowest BCUT2D eigenvalue weighted by molar-refractivity contribution is -0.153. The quantitative estimate of drug-likeness (QED) is 0.184. The molecule has 4 aromatic rings. The summed E-state index contributed by atoms with van der Waals surface area (Å²) in [6.07, 6.45) is 2.10. The fourth-order valence-corrected chi connectivity index (χ4v) is 4.47. The first-order chi connectivity index (χ1) is 17.8. The molecule has 0 amide bonds. The highest BCUT2D eigenvalue weighted by Crippen LogP contribution is 2.25. The molecule has 194 valence electrons. The average molecular weight is 509 g/mol. The van der Waals surface area contributed by atoms with Crippen LogP contribution in [0.25, 0.3) is 10.8 Å². The molecule has 0 aliphatic heterocycles. The van der Waals surface area contributed by atoms with E-state index in [1.54, 1.807) is 12.1 Å². The Bertz CT molecular complexity index is 1290. The Morgan fingerprint density at radius 2 is 1.22 bits per heavy atom. The van der Waals surface area contributed by atoms with Gasteiger partial charge in [0.1, 0.15) is 11.6 Å². The molecule has 0 fully saturated rings. The number of alkyl halides is 3. The first kappa shape index (κ1) is 26.7. The van der Waals surface area contributed by atoms with Crippen molar-refractivity contribution in [3.8, 4) is 5.75 Å². The maximum absolute atomic E-state index is 15.2. The van der Waals surface area contributed by atoms with Gasteiger partial charge >= 0.3 is 6.18 Å². The molecule has 1 nitrogen and oxygen atoms in total. The van der Waals surface area contributed by atoms with Crippen molar-refractivity contribution in [1.29, 1.82) is 0 Å². The van der Waals surface area contributed by atoms with Gasteiger partial charge in [0.15, 0.2) is 6.61 Å². The maximum Gasteiger partial charge on any atom is 0.422 e. The molecule has 0 saturated heterocycles. The number of aryl methyl sites for hydroxylation is 5. The number of hydrogen-bond acceptors (Lipinski definition) is 1. The van der Waals surface area contributed by atoms with Gasteiger partial charge in [-0.1, -0.05) is 80.1 Å². The zero-order chi connectivity index (χ0) is 26.3. The predicted octanol–water partition coefficient (Wildman–Crippen LogP) is 8.83. The molecule has 0 spiro atoms. The van der Waals surface area contributed by atoms with Gasteiger partial charge in [0, 0.05) is 5.39 Å². The van der Waals surface area contributed by atoms with E-state index in [4.69, 9.17) is 4.74 Å². The normalized spacial score (nSPS) is 11.7. The number of hydrogen-bond donors (Lipinski definition) is 0. The van der Waals surface area contributed by atoms with E-state index in [1.807, 2.05) is 24.3 Å². The molecule has 0 atom stereocenters. The summed E-state index contributed by atoms with van der Waals surface area (Å²) in [5.74, 6) is -0.0467. The Morgan fingerprint density at radius 1 is 0.649 bits per heavy atom. The van der Waals surface area contributed by atoms with E-state index in [9.17, 15) is 13.2 Å². The van der Waals surface area contributed by atoms with E-state index in [0.29, 0.717) is 23.8 Å². The molecule has 0 aliphatic carbocycles. The minimum atomic E-state index is -4.37. The van der Waals surface area contributed by atoms with Crippen LogP contribution in [-0.2, 0) is 32.1 Å². The fraction of sp³-hybridized carbons (Fsp3) is 0.312. The molecule has 5 heteroatoms. The molecule has 0 aromatic heterocycles. The van der Waals surface area contributed by atoms with Crippen LogP contribution in [0.15, 0.2) is 78.9 Å². The average Bonchev–Trinajstić information content (AvgIpc) is 2.90. The Morgan fingerprint density at radius 3 is 1.86 bits per heavy atom. The summed E-state index contributed by atoms with van der Waals surface area (Å²) in [6, 6.07) is 25.1.